The number of benzene rings is 4. The number of hydrogen-bond acceptors (Lipinski definition) is 17. The zero-order chi connectivity index (χ0) is 38.2. The van der Waals surface area contributed by atoms with Crippen LogP contribution in [0.5, 0.6) is 57.5 Å². The third-order valence-electron chi connectivity index (χ3n) is 10.1. The molecule has 282 valence electrons. The monoisotopic (exact) mass is 740 g/mol. The molecule has 10 atom stereocenters. The summed E-state index contributed by atoms with van der Waals surface area (Å²) >= 11 is 0. The van der Waals surface area contributed by atoms with E-state index in [4.69, 9.17) is 14.2 Å². The van der Waals surface area contributed by atoms with Crippen LogP contribution in [0, 0.1) is 0 Å². The molecule has 3 aliphatic heterocycles. The molecule has 0 amide bonds. The van der Waals surface area contributed by atoms with Crippen molar-refractivity contribution >= 4 is 0 Å². The molecule has 14 N–H and O–H groups in total. The molecule has 1 saturated heterocycles. The summed E-state index contributed by atoms with van der Waals surface area (Å²) in [6.45, 7) is -0.837. The van der Waals surface area contributed by atoms with Crippen molar-refractivity contribution in [3.05, 3.63) is 81.9 Å². The van der Waals surface area contributed by atoms with Gasteiger partial charge in [-0.3, -0.25) is 0 Å². The van der Waals surface area contributed by atoms with Crippen molar-refractivity contribution in [2.45, 2.75) is 67.3 Å². The number of aromatic hydroxyl groups is 8. The highest BCUT2D eigenvalue weighted by molar-refractivity contribution is 5.68. The molecule has 4 aromatic carbocycles. The maximum absolute atomic E-state index is 12.2. The van der Waals surface area contributed by atoms with Crippen LogP contribution in [-0.4, -0.2) is 115 Å². The number of fused-ring (bicyclic) bond motifs is 2. The zero-order valence-electron chi connectivity index (χ0n) is 27.3. The van der Waals surface area contributed by atoms with Crippen molar-refractivity contribution in [3.63, 3.8) is 0 Å². The van der Waals surface area contributed by atoms with Crippen LogP contribution in [0.3, 0.4) is 0 Å². The predicted octanol–water partition coefficient (Wildman–Crippen LogP) is 0.510. The second kappa shape index (κ2) is 13.2. The number of hydrogen-bond donors (Lipinski definition) is 14. The van der Waals surface area contributed by atoms with Gasteiger partial charge in [-0.2, -0.15) is 0 Å². The quantitative estimate of drug-likeness (QED) is 0.124. The fourth-order valence-electron chi connectivity index (χ4n) is 7.40. The number of ether oxygens (including phenoxy) is 3. The molecule has 4 aromatic rings. The molecule has 0 aliphatic carbocycles. The Bertz CT molecular complexity index is 2070. The van der Waals surface area contributed by atoms with E-state index in [-0.39, 0.29) is 40.0 Å². The normalized spacial score (nSPS) is 29.4. The largest absolute Gasteiger partial charge is 0.507 e. The highest BCUT2D eigenvalue weighted by Crippen LogP contribution is 2.60. The van der Waals surface area contributed by atoms with E-state index in [1.54, 1.807) is 0 Å². The third-order valence-corrected chi connectivity index (χ3v) is 10.1. The first-order valence-electron chi connectivity index (χ1n) is 16.3. The van der Waals surface area contributed by atoms with Crippen LogP contribution in [-0.2, 0) is 11.2 Å². The molecule has 17 nitrogen and oxygen atoms in total. The molecule has 1 fully saturated rings. The second-order valence-electron chi connectivity index (χ2n) is 13.3. The maximum atomic E-state index is 12.2. The minimum atomic E-state index is -1.97. The van der Waals surface area contributed by atoms with Crippen molar-refractivity contribution in [2.75, 3.05) is 6.61 Å². The molecule has 3 heterocycles. The second-order valence-corrected chi connectivity index (χ2v) is 13.3. The number of phenols is 8. The smallest absolute Gasteiger partial charge is 0.157 e. The fraction of sp³-hybridized carbons (Fsp3) is 0.333. The molecule has 7 rings (SSSR count). The standard InChI is InChI=1S/C36H36O17/c37-10-23-28(47)30(49)31(50)36(51-23)26-21(45)9-20(44)25-27(29(48)33(53-35(25)26)12-2-4-15(39)18(42)6-12)24-19(43)8-16(40)13-7-22(46)32(52-34(13)24)11-1-3-14(38)17(41)5-11/h1-6,8-9,22-23,27-33,36-50H,7,10H2/t22-,23-,27-,28+,29+,30+,31+,32+,33+,36-/m0/s1. The fourth-order valence-corrected chi connectivity index (χ4v) is 7.40. The third kappa shape index (κ3) is 5.78. The van der Waals surface area contributed by atoms with Gasteiger partial charge in [0.15, 0.2) is 29.1 Å². The lowest BCUT2D eigenvalue weighted by atomic mass is 9.76. The molecular formula is C36H36O17. The Labute approximate surface area is 298 Å². The van der Waals surface area contributed by atoms with E-state index in [0.717, 1.165) is 36.4 Å². The van der Waals surface area contributed by atoms with Gasteiger partial charge >= 0.3 is 0 Å². The van der Waals surface area contributed by atoms with Gasteiger partial charge in [0.25, 0.3) is 0 Å². The van der Waals surface area contributed by atoms with Crippen LogP contribution in [0.15, 0.2) is 48.5 Å². The van der Waals surface area contributed by atoms with Crippen molar-refractivity contribution in [1.29, 1.82) is 0 Å². The van der Waals surface area contributed by atoms with Gasteiger partial charge in [-0.05, 0) is 35.4 Å². The van der Waals surface area contributed by atoms with Gasteiger partial charge < -0.3 is 85.7 Å². The molecule has 0 bridgehead atoms. The zero-order valence-corrected chi connectivity index (χ0v) is 27.3. The number of aliphatic hydroxyl groups excluding tert-OH is 6. The van der Waals surface area contributed by atoms with Crippen LogP contribution >= 0.6 is 0 Å². The number of rotatable bonds is 5. The molecule has 0 saturated carbocycles. The van der Waals surface area contributed by atoms with E-state index in [1.165, 1.54) is 12.1 Å². The van der Waals surface area contributed by atoms with E-state index in [0.29, 0.717) is 0 Å². The lowest BCUT2D eigenvalue weighted by molar-refractivity contribution is -0.232. The average Bonchev–Trinajstić information content (AvgIpc) is 3.11. The van der Waals surface area contributed by atoms with Crippen LogP contribution in [0.25, 0.3) is 0 Å². The maximum Gasteiger partial charge on any atom is 0.157 e. The molecule has 3 aliphatic rings. The van der Waals surface area contributed by atoms with E-state index >= 15 is 0 Å². The first-order valence-corrected chi connectivity index (χ1v) is 16.3. The Morgan fingerprint density at radius 2 is 1.02 bits per heavy atom. The lowest BCUT2D eigenvalue weighted by Crippen LogP contribution is -2.55. The van der Waals surface area contributed by atoms with Gasteiger partial charge in [-0.15, -0.1) is 0 Å². The topological polar surface area (TPSA) is 311 Å². The van der Waals surface area contributed by atoms with Gasteiger partial charge in [0.1, 0.15) is 77.2 Å². The van der Waals surface area contributed by atoms with Crippen LogP contribution in [0.1, 0.15) is 57.6 Å². The molecule has 17 heteroatoms. The summed E-state index contributed by atoms with van der Waals surface area (Å²) in [6, 6.07) is 8.76. The van der Waals surface area contributed by atoms with E-state index in [1.807, 2.05) is 0 Å². The van der Waals surface area contributed by atoms with Gasteiger partial charge in [0.05, 0.1) is 24.2 Å². The lowest BCUT2D eigenvalue weighted by Gasteiger charge is -2.44. The molecule has 0 spiro atoms. The van der Waals surface area contributed by atoms with Crippen LogP contribution < -0.4 is 9.47 Å². The summed E-state index contributed by atoms with van der Waals surface area (Å²) in [7, 11) is 0. The summed E-state index contributed by atoms with van der Waals surface area (Å²) in [5, 5.41) is 151. The SMILES string of the molecule is OC[C@@H]1O[C@@H](c2c(O)cc(O)c3c2O[C@H](c2ccc(O)c(O)c2)[C@H](O)[C@H]3c2c(O)cc(O)c3c2O[C@H](c2ccc(O)c(O)c2)[C@@H](O)C3)[C@H](O)[C@H](O)[C@@H]1O. The van der Waals surface area contributed by atoms with Gasteiger partial charge in [0, 0.05) is 35.2 Å². The number of phenolic OH excluding ortho intramolecular Hbond substituents is 8. The molecular weight excluding hydrogens is 704 g/mol. The molecule has 0 aromatic heterocycles. The minimum Gasteiger partial charge on any atom is -0.507 e. The Balaban J connectivity index is 1.48. The van der Waals surface area contributed by atoms with Gasteiger partial charge in [-0.1, -0.05) is 12.1 Å². The Kier molecular flexibility index (Phi) is 8.98. The molecule has 0 radical (unpaired) electrons. The first kappa shape index (κ1) is 36.0. The van der Waals surface area contributed by atoms with Crippen LogP contribution in [0.4, 0.5) is 0 Å². The van der Waals surface area contributed by atoms with Gasteiger partial charge in [-0.25, -0.2) is 0 Å². The minimum absolute atomic E-state index is 0.00644. The summed E-state index contributed by atoms with van der Waals surface area (Å²) in [5.41, 5.74) is -0.944. The molecule has 53 heavy (non-hydrogen) atoms. The van der Waals surface area contributed by atoms with Crippen molar-refractivity contribution in [3.8, 4) is 57.5 Å². The van der Waals surface area contributed by atoms with Crippen LogP contribution in [0.2, 0.25) is 0 Å². The Morgan fingerprint density at radius 1 is 0.491 bits per heavy atom. The van der Waals surface area contributed by atoms with Crippen molar-refractivity contribution in [1.82, 2.24) is 0 Å². The Morgan fingerprint density at radius 3 is 1.60 bits per heavy atom. The number of aliphatic hydroxyl groups is 6. The summed E-state index contributed by atoms with van der Waals surface area (Å²) in [4.78, 5) is 0. The highest BCUT2D eigenvalue weighted by atomic mass is 16.6. The van der Waals surface area contributed by atoms with E-state index in [9.17, 15) is 71.5 Å². The van der Waals surface area contributed by atoms with Crippen molar-refractivity contribution < 1.29 is 85.7 Å². The average molecular weight is 741 g/mol. The van der Waals surface area contributed by atoms with Crippen molar-refractivity contribution in [2.24, 2.45) is 0 Å². The predicted molar refractivity (Wildman–Crippen MR) is 176 cm³/mol. The van der Waals surface area contributed by atoms with E-state index in [2.05, 4.69) is 0 Å². The summed E-state index contributed by atoms with van der Waals surface area (Å²) in [6.07, 6.45) is -15.3. The Hall–Kier alpha value is -5.40. The van der Waals surface area contributed by atoms with E-state index < -0.39 is 125 Å². The first-order chi connectivity index (χ1) is 25.1. The summed E-state index contributed by atoms with van der Waals surface area (Å²) in [5.74, 6) is -7.29. The summed E-state index contributed by atoms with van der Waals surface area (Å²) < 4.78 is 18.2. The highest BCUT2D eigenvalue weighted by Gasteiger charge is 2.51. The van der Waals surface area contributed by atoms with Gasteiger partial charge in [0.2, 0.25) is 0 Å². The molecule has 0 unspecified atom stereocenters.